The zero-order chi connectivity index (χ0) is 17.3. The smallest absolute Gasteiger partial charge is 0.270 e. The van der Waals surface area contributed by atoms with Crippen LogP contribution in [-0.2, 0) is 4.79 Å². The Kier molecular flexibility index (Phi) is 4.50. The third kappa shape index (κ3) is 3.10. The van der Waals surface area contributed by atoms with Crippen LogP contribution in [0.2, 0.25) is 0 Å². The maximum Gasteiger partial charge on any atom is 0.270 e. The molecule has 0 saturated carbocycles. The minimum absolute atomic E-state index is 0.0236. The van der Waals surface area contributed by atoms with Crippen LogP contribution in [0.5, 0.6) is 11.5 Å². The Balaban J connectivity index is 1.90. The fraction of sp³-hybridized carbons (Fsp3) is 0.0625. The van der Waals surface area contributed by atoms with E-state index in [1.165, 1.54) is 36.4 Å². The number of rotatable bonds is 3. The maximum absolute atomic E-state index is 12.9. The lowest BCUT2D eigenvalue weighted by molar-refractivity contribution is -0.113. The zero-order valence-corrected chi connectivity index (χ0v) is 14.0. The summed E-state index contributed by atoms with van der Waals surface area (Å²) in [6, 6.07) is 7.41. The monoisotopic (exact) mass is 362 g/mol. The van der Waals surface area contributed by atoms with Gasteiger partial charge in [0, 0.05) is 0 Å². The minimum atomic E-state index is -0.631. The van der Waals surface area contributed by atoms with E-state index in [1.54, 1.807) is 18.2 Å². The Morgan fingerprint density at radius 1 is 1.38 bits per heavy atom. The Hall–Kier alpha value is -2.45. The van der Waals surface area contributed by atoms with Crippen molar-refractivity contribution in [2.45, 2.75) is 0 Å². The molecule has 0 unspecified atom stereocenters. The van der Waals surface area contributed by atoms with E-state index in [2.05, 4.69) is 4.98 Å². The van der Waals surface area contributed by atoms with Gasteiger partial charge in [-0.3, -0.25) is 9.69 Å². The molecule has 8 heteroatoms. The van der Waals surface area contributed by atoms with Gasteiger partial charge in [-0.2, -0.15) is 4.39 Å². The first-order valence-corrected chi connectivity index (χ1v) is 7.98. The van der Waals surface area contributed by atoms with Gasteiger partial charge in [-0.15, -0.1) is 0 Å². The first kappa shape index (κ1) is 16.4. The van der Waals surface area contributed by atoms with Crippen molar-refractivity contribution >= 4 is 46.0 Å². The van der Waals surface area contributed by atoms with Crippen LogP contribution in [0.25, 0.3) is 6.08 Å². The van der Waals surface area contributed by atoms with Crippen LogP contribution in [0.3, 0.4) is 0 Å². The summed E-state index contributed by atoms with van der Waals surface area (Å²) in [4.78, 5) is 17.8. The molecular weight excluding hydrogens is 351 g/mol. The zero-order valence-electron chi connectivity index (χ0n) is 12.4. The van der Waals surface area contributed by atoms with Crippen LogP contribution in [0, 0.1) is 5.95 Å². The van der Waals surface area contributed by atoms with E-state index >= 15 is 0 Å². The summed E-state index contributed by atoms with van der Waals surface area (Å²) < 4.78 is 18.2. The third-order valence-electron chi connectivity index (χ3n) is 3.26. The van der Waals surface area contributed by atoms with E-state index in [1.807, 2.05) is 0 Å². The normalized spacial score (nSPS) is 16.1. The number of benzene rings is 1. The Morgan fingerprint density at radius 2 is 2.17 bits per heavy atom. The number of hydrogen-bond donors (Lipinski definition) is 1. The number of halogens is 1. The highest BCUT2D eigenvalue weighted by atomic mass is 32.2. The molecule has 1 N–H and O–H groups in total. The van der Waals surface area contributed by atoms with Gasteiger partial charge in [0.05, 0.1) is 23.9 Å². The number of carbonyl (C=O) groups excluding carboxylic acids is 1. The van der Waals surface area contributed by atoms with Crippen molar-refractivity contribution in [2.24, 2.45) is 0 Å². The fourth-order valence-corrected chi connectivity index (χ4v) is 3.44. The molecule has 0 atom stereocenters. The first-order chi connectivity index (χ1) is 11.5. The van der Waals surface area contributed by atoms with Gasteiger partial charge in [-0.25, -0.2) is 4.98 Å². The second-order valence-electron chi connectivity index (χ2n) is 4.79. The summed E-state index contributed by atoms with van der Waals surface area (Å²) in [6.45, 7) is 0. The van der Waals surface area contributed by atoms with Gasteiger partial charge in [0.25, 0.3) is 5.91 Å². The molecule has 2 heterocycles. The van der Waals surface area contributed by atoms with Gasteiger partial charge < -0.3 is 9.84 Å². The van der Waals surface area contributed by atoms with Crippen LogP contribution in [0.4, 0.5) is 10.1 Å². The summed E-state index contributed by atoms with van der Waals surface area (Å²) in [7, 11) is 1.45. The van der Waals surface area contributed by atoms with E-state index < -0.39 is 5.95 Å². The van der Waals surface area contributed by atoms with Gasteiger partial charge in [0.1, 0.15) is 0 Å². The molecule has 1 amide bonds. The highest BCUT2D eigenvalue weighted by Gasteiger charge is 2.33. The summed E-state index contributed by atoms with van der Waals surface area (Å²) in [5.74, 6) is -0.635. The Morgan fingerprint density at radius 3 is 2.79 bits per heavy atom. The number of aromatic hydroxyl groups is 1. The molecule has 1 aliphatic rings. The van der Waals surface area contributed by atoms with E-state index in [9.17, 15) is 14.3 Å². The van der Waals surface area contributed by atoms with E-state index in [-0.39, 0.29) is 11.7 Å². The van der Waals surface area contributed by atoms with Crippen LogP contribution in [0.1, 0.15) is 5.56 Å². The van der Waals surface area contributed by atoms with E-state index in [0.717, 1.165) is 11.8 Å². The van der Waals surface area contributed by atoms with Crippen molar-refractivity contribution in [3.05, 3.63) is 52.9 Å². The lowest BCUT2D eigenvalue weighted by Gasteiger charge is -2.13. The fourth-order valence-electron chi connectivity index (χ4n) is 2.14. The molecule has 0 aliphatic carbocycles. The van der Waals surface area contributed by atoms with E-state index in [0.29, 0.717) is 26.2 Å². The molecule has 1 fully saturated rings. The largest absolute Gasteiger partial charge is 0.504 e. The van der Waals surface area contributed by atoms with E-state index in [4.69, 9.17) is 17.0 Å². The number of phenols is 1. The molecule has 1 aromatic carbocycles. The third-order valence-corrected chi connectivity index (χ3v) is 4.57. The molecule has 2 aromatic rings. The standard InChI is InChI=1S/C16H11FN2O3S2/c1-22-12-4-2-9(6-11(12)20)7-13-15(21)19(16(23)24-13)10-3-5-14(17)18-8-10/h2-8,20H,1H3/b13-7-. The second kappa shape index (κ2) is 6.58. The van der Waals surface area contributed by atoms with Gasteiger partial charge >= 0.3 is 0 Å². The van der Waals surface area contributed by atoms with Crippen LogP contribution in [-0.4, -0.2) is 27.4 Å². The summed E-state index contributed by atoms with van der Waals surface area (Å²) >= 11 is 6.35. The predicted molar refractivity (Wildman–Crippen MR) is 94.5 cm³/mol. The molecule has 1 aliphatic heterocycles. The number of anilines is 1. The van der Waals surface area contributed by atoms with Crippen molar-refractivity contribution in [3.8, 4) is 11.5 Å². The second-order valence-corrected chi connectivity index (χ2v) is 6.46. The first-order valence-electron chi connectivity index (χ1n) is 6.76. The van der Waals surface area contributed by atoms with Gasteiger partial charge in [-0.05, 0) is 35.9 Å². The number of thioether (sulfide) groups is 1. The SMILES string of the molecule is COc1ccc(/C=C2\SC(=S)N(c3ccc(F)nc3)C2=O)cc1O. The van der Waals surface area contributed by atoms with Crippen LogP contribution >= 0.6 is 24.0 Å². The van der Waals surface area contributed by atoms with Gasteiger partial charge in [0.2, 0.25) is 5.95 Å². The number of thiocarbonyl (C=S) groups is 1. The number of phenolic OH excluding ortho intramolecular Hbond substituents is 1. The molecule has 1 saturated heterocycles. The number of amides is 1. The maximum atomic E-state index is 12.9. The lowest BCUT2D eigenvalue weighted by Crippen LogP contribution is -2.27. The van der Waals surface area contributed by atoms with Crippen molar-refractivity contribution < 1.29 is 19.0 Å². The van der Waals surface area contributed by atoms with Crippen molar-refractivity contribution in [1.82, 2.24) is 4.98 Å². The molecule has 5 nitrogen and oxygen atoms in total. The number of aromatic nitrogens is 1. The van der Waals surface area contributed by atoms with Gasteiger partial charge in [-0.1, -0.05) is 30.0 Å². The quantitative estimate of drug-likeness (QED) is 0.513. The lowest BCUT2D eigenvalue weighted by atomic mass is 10.2. The topological polar surface area (TPSA) is 62.7 Å². The average molecular weight is 362 g/mol. The molecule has 0 spiro atoms. The van der Waals surface area contributed by atoms with Crippen molar-refractivity contribution in [2.75, 3.05) is 12.0 Å². The number of nitrogens with zero attached hydrogens (tertiary/aromatic N) is 2. The summed E-state index contributed by atoms with van der Waals surface area (Å²) in [6.07, 6.45) is 2.87. The summed E-state index contributed by atoms with van der Waals surface area (Å²) in [5, 5.41) is 9.81. The summed E-state index contributed by atoms with van der Waals surface area (Å²) in [5.41, 5.74) is 1.03. The number of ether oxygens (including phenoxy) is 1. The van der Waals surface area contributed by atoms with Crippen molar-refractivity contribution in [3.63, 3.8) is 0 Å². The molecule has 0 radical (unpaired) electrons. The van der Waals surface area contributed by atoms with Crippen LogP contribution in [0.15, 0.2) is 41.4 Å². The molecule has 1 aromatic heterocycles. The molecule has 24 heavy (non-hydrogen) atoms. The molecular formula is C16H11FN2O3S2. The number of methoxy groups -OCH3 is 1. The van der Waals surface area contributed by atoms with Gasteiger partial charge in [0.15, 0.2) is 15.8 Å². The van der Waals surface area contributed by atoms with Crippen molar-refractivity contribution in [1.29, 1.82) is 0 Å². The van der Waals surface area contributed by atoms with Crippen LogP contribution < -0.4 is 9.64 Å². The number of pyridine rings is 1. The predicted octanol–water partition coefficient (Wildman–Crippen LogP) is 3.34. The Bertz CT molecular complexity index is 853. The Labute approximate surface area is 146 Å². The molecule has 0 bridgehead atoms. The molecule has 3 rings (SSSR count). The molecule has 122 valence electrons. The average Bonchev–Trinajstić information content (AvgIpc) is 2.83. The number of carbonyl (C=O) groups is 1. The number of hydrogen-bond acceptors (Lipinski definition) is 6. The highest BCUT2D eigenvalue weighted by molar-refractivity contribution is 8.27. The minimum Gasteiger partial charge on any atom is -0.504 e. The highest BCUT2D eigenvalue weighted by Crippen LogP contribution is 2.36.